The number of methoxy groups -OCH3 is 1. The Hall–Kier alpha value is -1.81. The Morgan fingerprint density at radius 3 is 2.53 bits per heavy atom. The zero-order chi connectivity index (χ0) is 13.9. The van der Waals surface area contributed by atoms with Gasteiger partial charge in [0.05, 0.1) is 19.1 Å². The fourth-order valence-corrected chi connectivity index (χ4v) is 1.81. The van der Waals surface area contributed by atoms with Crippen LogP contribution in [0.4, 0.5) is 0 Å². The first-order chi connectivity index (χ1) is 8.98. The maximum atomic E-state index is 5.99. The molecule has 2 N–H and O–H groups in total. The van der Waals surface area contributed by atoms with Gasteiger partial charge in [-0.1, -0.05) is 0 Å². The predicted octanol–water partition coefficient (Wildman–Crippen LogP) is 2.69. The van der Waals surface area contributed by atoms with Crippen LogP contribution in [0.25, 0.3) is 11.3 Å². The monoisotopic (exact) mass is 259 g/mol. The third kappa shape index (κ3) is 3.83. The molecule has 0 radical (unpaired) electrons. The van der Waals surface area contributed by atoms with E-state index >= 15 is 0 Å². The molecule has 0 aliphatic heterocycles. The highest BCUT2D eigenvalue weighted by Gasteiger charge is 2.10. The van der Waals surface area contributed by atoms with Crippen molar-refractivity contribution in [3.05, 3.63) is 36.8 Å². The van der Waals surface area contributed by atoms with Crippen LogP contribution in [0, 0.1) is 0 Å². The molecule has 19 heavy (non-hydrogen) atoms. The highest BCUT2D eigenvalue weighted by Crippen LogP contribution is 2.20. The number of rotatable bonds is 5. The van der Waals surface area contributed by atoms with Crippen molar-refractivity contribution in [2.45, 2.75) is 32.4 Å². The van der Waals surface area contributed by atoms with Crippen molar-refractivity contribution < 1.29 is 4.74 Å². The molecule has 0 spiro atoms. The van der Waals surface area contributed by atoms with Crippen molar-refractivity contribution in [2.24, 2.45) is 5.73 Å². The highest BCUT2D eigenvalue weighted by molar-refractivity contribution is 5.59. The minimum Gasteiger partial charge on any atom is -0.497 e. The lowest BCUT2D eigenvalue weighted by atomic mass is 10.0. The normalized spacial score (nSPS) is 11.6. The van der Waals surface area contributed by atoms with E-state index in [0.29, 0.717) is 0 Å². The SMILES string of the molecule is COc1ccc(-c2cn(CCC(C)(C)N)cn2)cc1. The average molecular weight is 259 g/mol. The van der Waals surface area contributed by atoms with Crippen LogP contribution in [0.5, 0.6) is 5.75 Å². The number of aryl methyl sites for hydroxylation is 1. The molecule has 0 fully saturated rings. The van der Waals surface area contributed by atoms with Crippen LogP contribution in [-0.2, 0) is 6.54 Å². The first-order valence-corrected chi connectivity index (χ1v) is 6.43. The van der Waals surface area contributed by atoms with E-state index in [2.05, 4.69) is 9.55 Å². The fraction of sp³-hybridized carbons (Fsp3) is 0.400. The number of nitrogens with two attached hydrogens (primary N) is 1. The summed E-state index contributed by atoms with van der Waals surface area (Å²) in [6, 6.07) is 7.91. The van der Waals surface area contributed by atoms with E-state index in [1.54, 1.807) is 7.11 Å². The second-order valence-electron chi connectivity index (χ2n) is 5.46. The Morgan fingerprint density at radius 1 is 1.26 bits per heavy atom. The quantitative estimate of drug-likeness (QED) is 0.898. The first-order valence-electron chi connectivity index (χ1n) is 6.43. The zero-order valence-electron chi connectivity index (χ0n) is 11.8. The van der Waals surface area contributed by atoms with Gasteiger partial charge in [-0.3, -0.25) is 0 Å². The average Bonchev–Trinajstić information content (AvgIpc) is 2.84. The number of nitrogens with zero attached hydrogens (tertiary/aromatic N) is 2. The summed E-state index contributed by atoms with van der Waals surface area (Å²) in [7, 11) is 1.66. The van der Waals surface area contributed by atoms with Gasteiger partial charge in [0, 0.05) is 23.8 Å². The lowest BCUT2D eigenvalue weighted by Crippen LogP contribution is -2.32. The lowest BCUT2D eigenvalue weighted by molar-refractivity contribution is 0.415. The van der Waals surface area contributed by atoms with Gasteiger partial charge in [0.25, 0.3) is 0 Å². The maximum Gasteiger partial charge on any atom is 0.118 e. The molecule has 1 aromatic carbocycles. The van der Waals surface area contributed by atoms with Gasteiger partial charge in [-0.15, -0.1) is 0 Å². The minimum atomic E-state index is -0.148. The second kappa shape index (κ2) is 5.45. The van der Waals surface area contributed by atoms with Crippen molar-refractivity contribution in [3.63, 3.8) is 0 Å². The van der Waals surface area contributed by atoms with E-state index in [1.165, 1.54) is 0 Å². The molecule has 1 heterocycles. The van der Waals surface area contributed by atoms with Crippen molar-refractivity contribution in [2.75, 3.05) is 7.11 Å². The van der Waals surface area contributed by atoms with E-state index in [-0.39, 0.29) is 5.54 Å². The van der Waals surface area contributed by atoms with Gasteiger partial charge < -0.3 is 15.0 Å². The van der Waals surface area contributed by atoms with Gasteiger partial charge in [0.15, 0.2) is 0 Å². The van der Waals surface area contributed by atoms with Crippen molar-refractivity contribution >= 4 is 0 Å². The Bertz CT molecular complexity index is 523. The third-order valence-corrected chi connectivity index (χ3v) is 3.03. The van der Waals surface area contributed by atoms with Gasteiger partial charge in [0.2, 0.25) is 0 Å². The standard InChI is InChI=1S/C15H21N3O/c1-15(2,16)8-9-18-10-14(17-11-18)12-4-6-13(19-3)7-5-12/h4-7,10-11H,8-9,16H2,1-3H3. The number of ether oxygens (including phenoxy) is 1. The van der Waals surface area contributed by atoms with Crippen LogP contribution in [0.15, 0.2) is 36.8 Å². The van der Waals surface area contributed by atoms with E-state index in [1.807, 2.05) is 50.6 Å². The van der Waals surface area contributed by atoms with E-state index < -0.39 is 0 Å². The molecule has 0 saturated heterocycles. The summed E-state index contributed by atoms with van der Waals surface area (Å²) in [5.41, 5.74) is 7.90. The molecule has 0 amide bonds. The third-order valence-electron chi connectivity index (χ3n) is 3.03. The van der Waals surface area contributed by atoms with Crippen LogP contribution in [-0.4, -0.2) is 22.2 Å². The van der Waals surface area contributed by atoms with Crippen LogP contribution >= 0.6 is 0 Å². The largest absolute Gasteiger partial charge is 0.497 e. The van der Waals surface area contributed by atoms with E-state index in [4.69, 9.17) is 10.5 Å². The second-order valence-corrected chi connectivity index (χ2v) is 5.46. The summed E-state index contributed by atoms with van der Waals surface area (Å²) >= 11 is 0. The topological polar surface area (TPSA) is 53.1 Å². The van der Waals surface area contributed by atoms with Crippen LogP contribution in [0.3, 0.4) is 0 Å². The molecule has 0 unspecified atom stereocenters. The highest BCUT2D eigenvalue weighted by atomic mass is 16.5. The Balaban J connectivity index is 2.07. The number of aromatic nitrogens is 2. The molecule has 0 atom stereocenters. The van der Waals surface area contributed by atoms with Crippen molar-refractivity contribution in [3.8, 4) is 17.0 Å². The summed E-state index contributed by atoms with van der Waals surface area (Å²) in [4.78, 5) is 4.42. The molecule has 1 aromatic heterocycles. The number of imidazole rings is 1. The summed E-state index contributed by atoms with van der Waals surface area (Å²) in [6.45, 7) is 4.95. The number of hydrogen-bond donors (Lipinski definition) is 1. The molecular formula is C15H21N3O. The predicted molar refractivity (Wildman–Crippen MR) is 77.1 cm³/mol. The first kappa shape index (κ1) is 13.6. The summed E-state index contributed by atoms with van der Waals surface area (Å²) < 4.78 is 7.22. The molecule has 0 bridgehead atoms. The molecule has 4 heteroatoms. The summed E-state index contributed by atoms with van der Waals surface area (Å²) in [5.74, 6) is 0.855. The molecule has 0 saturated carbocycles. The lowest BCUT2D eigenvalue weighted by Gasteiger charge is -2.17. The van der Waals surface area contributed by atoms with Crippen molar-refractivity contribution in [1.82, 2.24) is 9.55 Å². The molecule has 0 aliphatic rings. The Kier molecular flexibility index (Phi) is 3.90. The van der Waals surface area contributed by atoms with E-state index in [0.717, 1.165) is 30.0 Å². The van der Waals surface area contributed by atoms with Crippen LogP contribution < -0.4 is 10.5 Å². The van der Waals surface area contributed by atoms with Crippen LogP contribution in [0.1, 0.15) is 20.3 Å². The summed E-state index contributed by atoms with van der Waals surface area (Å²) in [6.07, 6.45) is 4.82. The van der Waals surface area contributed by atoms with Gasteiger partial charge in [0.1, 0.15) is 5.75 Å². The summed E-state index contributed by atoms with van der Waals surface area (Å²) in [5, 5.41) is 0. The zero-order valence-corrected chi connectivity index (χ0v) is 11.8. The smallest absolute Gasteiger partial charge is 0.118 e. The number of benzene rings is 1. The number of hydrogen-bond acceptors (Lipinski definition) is 3. The van der Waals surface area contributed by atoms with Gasteiger partial charge in [-0.25, -0.2) is 4.98 Å². The fourth-order valence-electron chi connectivity index (χ4n) is 1.81. The molecule has 0 aliphatic carbocycles. The minimum absolute atomic E-state index is 0.148. The van der Waals surface area contributed by atoms with Gasteiger partial charge >= 0.3 is 0 Å². The Morgan fingerprint density at radius 2 is 1.95 bits per heavy atom. The Labute approximate surface area is 114 Å². The van der Waals surface area contributed by atoms with Crippen molar-refractivity contribution in [1.29, 1.82) is 0 Å². The molecule has 102 valence electrons. The van der Waals surface area contributed by atoms with Gasteiger partial charge in [-0.2, -0.15) is 0 Å². The van der Waals surface area contributed by atoms with Gasteiger partial charge in [-0.05, 0) is 44.5 Å². The van der Waals surface area contributed by atoms with E-state index in [9.17, 15) is 0 Å². The molecule has 2 rings (SSSR count). The van der Waals surface area contributed by atoms with Crippen LogP contribution in [0.2, 0.25) is 0 Å². The molecular weight excluding hydrogens is 238 g/mol. The maximum absolute atomic E-state index is 5.99. The molecule has 2 aromatic rings. The molecule has 4 nitrogen and oxygen atoms in total.